The van der Waals surface area contributed by atoms with Crippen LogP contribution in [0, 0.1) is 0 Å². The molecule has 2 nitrogen and oxygen atoms in total. The molecule has 0 aromatic carbocycles. The molecule has 0 rings (SSSR count). The van der Waals surface area contributed by atoms with E-state index in [9.17, 15) is 30.7 Å². The number of alkyl halides is 4. The third-order valence-electron chi connectivity index (χ3n) is 0.991. The number of ether oxygens (including phenoxy) is 1. The number of hydrogen-bond acceptors (Lipinski definition) is 2. The zero-order valence-electron chi connectivity index (χ0n) is 6.21. The molecule has 0 saturated heterocycles. The van der Waals surface area contributed by atoms with Crippen LogP contribution in [0.25, 0.3) is 0 Å². The van der Waals surface area contributed by atoms with Crippen LogP contribution in [0.1, 0.15) is 0 Å². The number of rotatable bonds is 4. The normalized spacial score (nSPS) is 12.6. The summed E-state index contributed by atoms with van der Waals surface area (Å²) in [6.07, 6.45) is -8.85. The van der Waals surface area contributed by atoms with Crippen molar-refractivity contribution in [1.29, 1.82) is 0 Å². The van der Waals surface area contributed by atoms with Gasteiger partial charge in [0, 0.05) is 0 Å². The predicted molar refractivity (Wildman–Crippen MR) is 28.4 cm³/mol. The number of aliphatic hydroxyl groups excluding tert-OH is 1. The van der Waals surface area contributed by atoms with Crippen molar-refractivity contribution in [1.82, 2.24) is 0 Å². The van der Waals surface area contributed by atoms with Crippen molar-refractivity contribution in [3.05, 3.63) is 12.1 Å². The van der Waals surface area contributed by atoms with Gasteiger partial charge in [-0.05, 0) is 0 Å². The van der Waals surface area contributed by atoms with E-state index >= 15 is 0 Å². The Hall–Kier alpha value is -0.990. The van der Waals surface area contributed by atoms with Crippen molar-refractivity contribution < 1.29 is 40.6 Å². The summed E-state index contributed by atoms with van der Waals surface area (Å²) in [5.74, 6) is -5.15. The van der Waals surface area contributed by atoms with Gasteiger partial charge in [0.15, 0.2) is 0 Å². The number of aliphatic hydroxyl groups is 1. The maximum absolute atomic E-state index is 12.1. The predicted octanol–water partition coefficient (Wildman–Crippen LogP) is 2.26. The van der Waals surface area contributed by atoms with Gasteiger partial charge in [-0.25, -0.2) is 0 Å². The van der Waals surface area contributed by atoms with Gasteiger partial charge in [-0.3, -0.25) is 0 Å². The van der Waals surface area contributed by atoms with E-state index < -0.39 is 30.7 Å². The van der Waals surface area contributed by atoms with Crippen LogP contribution in [0.15, 0.2) is 12.1 Å². The van der Waals surface area contributed by atoms with E-state index in [1.165, 1.54) is 0 Å². The van der Waals surface area contributed by atoms with Gasteiger partial charge < -0.3 is 9.84 Å². The Kier molecular flexibility index (Phi) is 3.74. The summed E-state index contributed by atoms with van der Waals surface area (Å²) >= 11 is 0. The van der Waals surface area contributed by atoms with Gasteiger partial charge in [0.2, 0.25) is 0 Å². The molecule has 84 valence electrons. The molecule has 0 aromatic rings. The molecule has 0 spiro atoms. The number of hydrogen-bond donors (Lipinski definition) is 1. The van der Waals surface area contributed by atoms with E-state index in [4.69, 9.17) is 5.11 Å². The molecule has 0 saturated carbocycles. The molecular weight excluding hydrogens is 225 g/mol. The van der Waals surface area contributed by atoms with Crippen molar-refractivity contribution >= 4 is 0 Å². The summed E-state index contributed by atoms with van der Waals surface area (Å²) in [4.78, 5) is 0. The van der Waals surface area contributed by atoms with Crippen LogP contribution in [-0.2, 0) is 4.74 Å². The van der Waals surface area contributed by atoms with Gasteiger partial charge in [-0.1, -0.05) is 0 Å². The first-order valence-corrected chi connectivity index (χ1v) is 2.90. The van der Waals surface area contributed by atoms with Crippen molar-refractivity contribution in [3.8, 4) is 0 Å². The summed E-state index contributed by atoms with van der Waals surface area (Å²) in [7, 11) is 0. The molecular formula is C5H3F7O2. The molecule has 0 radical (unpaired) electrons. The summed E-state index contributed by atoms with van der Waals surface area (Å²) in [5, 5.41) is 7.75. The van der Waals surface area contributed by atoms with Gasteiger partial charge in [0.1, 0.15) is 6.61 Å². The zero-order chi connectivity index (χ0) is 11.6. The van der Waals surface area contributed by atoms with Crippen molar-refractivity contribution in [2.45, 2.75) is 12.0 Å². The van der Waals surface area contributed by atoms with Crippen LogP contribution < -0.4 is 0 Å². The Morgan fingerprint density at radius 1 is 1.07 bits per heavy atom. The van der Waals surface area contributed by atoms with Gasteiger partial charge >= 0.3 is 24.1 Å². The van der Waals surface area contributed by atoms with E-state index in [0.29, 0.717) is 0 Å². The summed E-state index contributed by atoms with van der Waals surface area (Å²) in [5.41, 5.74) is 0. The summed E-state index contributed by atoms with van der Waals surface area (Å²) < 4.78 is 84.6. The lowest BCUT2D eigenvalue weighted by Gasteiger charge is -2.23. The smallest absolute Gasteiger partial charge is 0.398 e. The van der Waals surface area contributed by atoms with Crippen LogP contribution in [0.2, 0.25) is 0 Å². The zero-order valence-corrected chi connectivity index (χ0v) is 6.21. The highest BCUT2D eigenvalue weighted by Crippen LogP contribution is 2.37. The average Bonchev–Trinajstić information content (AvgIpc) is 2.03. The highest BCUT2D eigenvalue weighted by molar-refractivity contribution is 4.86. The molecule has 14 heavy (non-hydrogen) atoms. The fraction of sp³-hybridized carbons (Fsp3) is 0.600. The van der Waals surface area contributed by atoms with Gasteiger partial charge in [-0.2, -0.15) is 30.7 Å². The fourth-order valence-corrected chi connectivity index (χ4v) is 0.318. The SMILES string of the molecule is OCC(F)(F)C(F)(F)OC(F)=C(F)F. The Morgan fingerprint density at radius 3 is 1.79 bits per heavy atom. The maximum Gasteiger partial charge on any atom is 0.468 e. The minimum absolute atomic E-state index is 2.37. The molecule has 9 heteroatoms. The van der Waals surface area contributed by atoms with E-state index in [2.05, 4.69) is 4.74 Å². The lowest BCUT2D eigenvalue weighted by Crippen LogP contribution is -2.45. The molecule has 0 heterocycles. The molecule has 0 aliphatic carbocycles. The van der Waals surface area contributed by atoms with Gasteiger partial charge in [0.25, 0.3) is 0 Å². The third-order valence-corrected chi connectivity index (χ3v) is 0.991. The van der Waals surface area contributed by atoms with Crippen LogP contribution >= 0.6 is 0 Å². The van der Waals surface area contributed by atoms with E-state index in [1.807, 2.05) is 0 Å². The second-order valence-electron chi connectivity index (χ2n) is 2.02. The Labute approximate surface area is 72.6 Å². The van der Waals surface area contributed by atoms with Crippen molar-refractivity contribution in [2.75, 3.05) is 6.61 Å². The fourth-order valence-electron chi connectivity index (χ4n) is 0.318. The minimum atomic E-state index is -5.55. The van der Waals surface area contributed by atoms with Crippen molar-refractivity contribution in [2.24, 2.45) is 0 Å². The molecule has 0 bridgehead atoms. The van der Waals surface area contributed by atoms with Crippen molar-refractivity contribution in [3.63, 3.8) is 0 Å². The first kappa shape index (κ1) is 13.0. The van der Waals surface area contributed by atoms with Crippen LogP contribution in [0.3, 0.4) is 0 Å². The molecule has 0 unspecified atom stereocenters. The molecule has 0 aliphatic rings. The van der Waals surface area contributed by atoms with Crippen LogP contribution in [0.5, 0.6) is 0 Å². The molecule has 0 fully saturated rings. The van der Waals surface area contributed by atoms with Gasteiger partial charge in [0.05, 0.1) is 0 Å². The standard InChI is InChI=1S/C5H3F7O2/c6-2(7)3(8)14-5(11,12)4(9,10)1-13/h13H,1H2. The largest absolute Gasteiger partial charge is 0.468 e. The first-order valence-electron chi connectivity index (χ1n) is 2.90. The van der Waals surface area contributed by atoms with E-state index in [-0.39, 0.29) is 0 Å². The van der Waals surface area contributed by atoms with Gasteiger partial charge in [-0.15, -0.1) is 0 Å². The highest BCUT2D eigenvalue weighted by atomic mass is 19.3. The summed E-state index contributed by atoms with van der Waals surface area (Å²) in [6.45, 7) is -2.37. The number of halogens is 7. The molecule has 0 aliphatic heterocycles. The Bertz CT molecular complexity index is 232. The van der Waals surface area contributed by atoms with E-state index in [0.717, 1.165) is 0 Å². The Balaban J connectivity index is 4.74. The second kappa shape index (κ2) is 4.03. The van der Waals surface area contributed by atoms with Crippen LogP contribution in [0.4, 0.5) is 30.7 Å². The Morgan fingerprint density at radius 2 is 1.50 bits per heavy atom. The quantitative estimate of drug-likeness (QED) is 0.590. The first-order chi connectivity index (χ1) is 6.14. The van der Waals surface area contributed by atoms with E-state index in [1.54, 1.807) is 0 Å². The average molecular weight is 228 g/mol. The van der Waals surface area contributed by atoms with Crippen LogP contribution in [-0.4, -0.2) is 23.7 Å². The minimum Gasteiger partial charge on any atom is -0.398 e. The topological polar surface area (TPSA) is 29.5 Å². The molecule has 1 N–H and O–H groups in total. The molecule has 0 aromatic heterocycles. The second-order valence-corrected chi connectivity index (χ2v) is 2.02. The lowest BCUT2D eigenvalue weighted by atomic mass is 10.3. The molecule has 0 amide bonds. The summed E-state index contributed by atoms with van der Waals surface area (Å²) in [6, 6.07) is -3.12. The third kappa shape index (κ3) is 2.76. The monoisotopic (exact) mass is 228 g/mol. The maximum atomic E-state index is 12.1. The highest BCUT2D eigenvalue weighted by Gasteiger charge is 2.60. The molecule has 0 atom stereocenters. The lowest BCUT2D eigenvalue weighted by molar-refractivity contribution is -0.347.